The Morgan fingerprint density at radius 1 is 1.03 bits per heavy atom. The first-order valence-corrected chi connectivity index (χ1v) is 12.4. The molecule has 3 aromatic rings. The van der Waals surface area contributed by atoms with Gasteiger partial charge in [-0.15, -0.1) is 0 Å². The second kappa shape index (κ2) is 9.96. The molecule has 1 aliphatic rings. The molecule has 0 spiro atoms. The van der Waals surface area contributed by atoms with E-state index < -0.39 is 0 Å². The Hall–Kier alpha value is -2.57. The van der Waals surface area contributed by atoms with Gasteiger partial charge < -0.3 is 4.57 Å². The number of benzene rings is 1. The van der Waals surface area contributed by atoms with Gasteiger partial charge in [0.25, 0.3) is 0 Å². The lowest BCUT2D eigenvalue weighted by Crippen LogP contribution is -2.53. The Bertz CT molecular complexity index is 1160. The van der Waals surface area contributed by atoms with Crippen LogP contribution in [0.2, 0.25) is 0 Å². The lowest BCUT2D eigenvalue weighted by molar-refractivity contribution is 0.0645. The van der Waals surface area contributed by atoms with Crippen molar-refractivity contribution in [3.8, 4) is 0 Å². The maximum Gasteiger partial charge on any atom is 0.160 e. The van der Waals surface area contributed by atoms with Crippen LogP contribution in [0.25, 0.3) is 17.2 Å². The summed E-state index contributed by atoms with van der Waals surface area (Å²) in [4.78, 5) is 14.3. The fraction of sp³-hybridized carbons (Fsp3) is 0.500. The SMILES string of the molecule is CCc1nc2c(C)cc(C)nc2n1Cc1ccc(/C=C(\F)CN2CCN(C(C)(C)C)CC2)cc1. The van der Waals surface area contributed by atoms with E-state index in [1.807, 2.05) is 19.1 Å². The fourth-order valence-electron chi connectivity index (χ4n) is 4.80. The van der Waals surface area contributed by atoms with Gasteiger partial charge in [0, 0.05) is 43.8 Å². The van der Waals surface area contributed by atoms with E-state index in [4.69, 9.17) is 9.97 Å². The van der Waals surface area contributed by atoms with Crippen LogP contribution < -0.4 is 0 Å². The van der Waals surface area contributed by atoms with Crippen LogP contribution in [0.1, 0.15) is 55.9 Å². The van der Waals surface area contributed by atoms with Gasteiger partial charge >= 0.3 is 0 Å². The molecule has 0 radical (unpaired) electrons. The third kappa shape index (κ3) is 5.56. The van der Waals surface area contributed by atoms with Crippen LogP contribution in [-0.2, 0) is 13.0 Å². The molecule has 1 aliphatic heterocycles. The predicted octanol–water partition coefficient (Wildman–Crippen LogP) is 5.39. The molecule has 0 unspecified atom stereocenters. The summed E-state index contributed by atoms with van der Waals surface area (Å²) in [6.45, 7) is 17.8. The van der Waals surface area contributed by atoms with Gasteiger partial charge in [-0.2, -0.15) is 0 Å². The zero-order valence-corrected chi connectivity index (χ0v) is 21.5. The third-order valence-corrected chi connectivity index (χ3v) is 6.76. The fourth-order valence-corrected chi connectivity index (χ4v) is 4.80. The second-order valence-electron chi connectivity index (χ2n) is 10.5. The average Bonchev–Trinajstić information content (AvgIpc) is 3.12. The van der Waals surface area contributed by atoms with Gasteiger partial charge in [0.1, 0.15) is 17.2 Å². The molecule has 1 saturated heterocycles. The zero-order valence-electron chi connectivity index (χ0n) is 21.5. The van der Waals surface area contributed by atoms with Crippen molar-refractivity contribution < 1.29 is 4.39 Å². The minimum atomic E-state index is -0.0824. The summed E-state index contributed by atoms with van der Waals surface area (Å²) in [7, 11) is 0. The average molecular weight is 464 g/mol. The number of halogens is 1. The molecule has 0 N–H and O–H groups in total. The van der Waals surface area contributed by atoms with E-state index in [0.29, 0.717) is 13.1 Å². The zero-order chi connectivity index (χ0) is 24.5. The first-order chi connectivity index (χ1) is 16.1. The van der Waals surface area contributed by atoms with Gasteiger partial charge in [0.2, 0.25) is 0 Å². The van der Waals surface area contributed by atoms with E-state index in [1.54, 1.807) is 6.08 Å². The van der Waals surface area contributed by atoms with Crippen molar-refractivity contribution in [3.05, 3.63) is 64.4 Å². The monoisotopic (exact) mass is 463 g/mol. The van der Waals surface area contributed by atoms with Crippen molar-refractivity contribution in [2.75, 3.05) is 32.7 Å². The Balaban J connectivity index is 1.42. The predicted molar refractivity (Wildman–Crippen MR) is 139 cm³/mol. The quantitative estimate of drug-likeness (QED) is 0.492. The highest BCUT2D eigenvalue weighted by Gasteiger charge is 2.26. The molecule has 2 aromatic heterocycles. The normalized spacial score (nSPS) is 16.5. The highest BCUT2D eigenvalue weighted by molar-refractivity contribution is 5.76. The maximum absolute atomic E-state index is 14.7. The van der Waals surface area contributed by atoms with E-state index in [0.717, 1.165) is 72.0 Å². The molecular formula is C28H38FN5. The van der Waals surface area contributed by atoms with Crippen LogP contribution in [0.15, 0.2) is 36.2 Å². The lowest BCUT2D eigenvalue weighted by atomic mass is 10.0. The number of pyridine rings is 1. The molecule has 0 aliphatic carbocycles. The van der Waals surface area contributed by atoms with E-state index in [2.05, 4.69) is 67.2 Å². The van der Waals surface area contributed by atoms with Crippen LogP contribution in [0.5, 0.6) is 0 Å². The van der Waals surface area contributed by atoms with Gasteiger partial charge in [-0.1, -0.05) is 31.2 Å². The summed E-state index contributed by atoms with van der Waals surface area (Å²) >= 11 is 0. The number of piperazine rings is 1. The molecule has 0 amide bonds. The molecule has 34 heavy (non-hydrogen) atoms. The summed E-state index contributed by atoms with van der Waals surface area (Å²) < 4.78 is 17.0. The molecule has 4 rings (SSSR count). The lowest BCUT2D eigenvalue weighted by Gasteiger charge is -2.42. The van der Waals surface area contributed by atoms with Crippen LogP contribution in [-0.4, -0.2) is 62.6 Å². The van der Waals surface area contributed by atoms with E-state index >= 15 is 0 Å². The van der Waals surface area contributed by atoms with Gasteiger partial charge in [-0.25, -0.2) is 14.4 Å². The van der Waals surface area contributed by atoms with Crippen LogP contribution in [0.4, 0.5) is 4.39 Å². The number of aryl methyl sites for hydroxylation is 3. The number of hydrogen-bond donors (Lipinski definition) is 0. The summed E-state index contributed by atoms with van der Waals surface area (Å²) in [5, 5.41) is 0. The minimum absolute atomic E-state index is 0.0824. The number of hydrogen-bond acceptors (Lipinski definition) is 4. The first kappa shape index (κ1) is 24.6. The number of rotatable bonds is 6. The van der Waals surface area contributed by atoms with Crippen LogP contribution in [0.3, 0.4) is 0 Å². The van der Waals surface area contributed by atoms with E-state index in [-0.39, 0.29) is 11.4 Å². The number of fused-ring (bicyclic) bond motifs is 1. The molecule has 182 valence electrons. The van der Waals surface area contributed by atoms with Crippen molar-refractivity contribution in [1.82, 2.24) is 24.3 Å². The summed E-state index contributed by atoms with van der Waals surface area (Å²) in [5.74, 6) is 0.957. The van der Waals surface area contributed by atoms with Crippen molar-refractivity contribution in [2.24, 2.45) is 0 Å². The first-order valence-electron chi connectivity index (χ1n) is 12.4. The number of imidazole rings is 1. The van der Waals surface area contributed by atoms with Gasteiger partial charge in [-0.05, 0) is 63.5 Å². The molecule has 5 nitrogen and oxygen atoms in total. The number of nitrogens with zero attached hydrogens (tertiary/aromatic N) is 5. The topological polar surface area (TPSA) is 37.2 Å². The number of aromatic nitrogens is 3. The Labute approximate surface area is 203 Å². The second-order valence-corrected chi connectivity index (χ2v) is 10.5. The minimum Gasteiger partial charge on any atom is -0.308 e. The smallest absolute Gasteiger partial charge is 0.160 e. The maximum atomic E-state index is 14.7. The van der Waals surface area contributed by atoms with Crippen molar-refractivity contribution in [2.45, 2.75) is 60.0 Å². The third-order valence-electron chi connectivity index (χ3n) is 6.76. The summed E-state index contributed by atoms with van der Waals surface area (Å²) in [6.07, 6.45) is 2.52. The van der Waals surface area contributed by atoms with Gasteiger partial charge in [-0.3, -0.25) is 9.80 Å². The molecule has 0 saturated carbocycles. The van der Waals surface area contributed by atoms with Crippen LogP contribution in [0, 0.1) is 13.8 Å². The molecule has 0 atom stereocenters. The van der Waals surface area contributed by atoms with Crippen molar-refractivity contribution in [1.29, 1.82) is 0 Å². The Morgan fingerprint density at radius 2 is 1.71 bits per heavy atom. The highest BCUT2D eigenvalue weighted by Crippen LogP contribution is 2.22. The van der Waals surface area contributed by atoms with Crippen molar-refractivity contribution in [3.63, 3.8) is 0 Å². The summed E-state index contributed by atoms with van der Waals surface area (Å²) in [5.41, 5.74) is 6.31. The molecule has 3 heterocycles. The van der Waals surface area contributed by atoms with Gasteiger partial charge in [0.15, 0.2) is 5.65 Å². The van der Waals surface area contributed by atoms with Crippen LogP contribution >= 0.6 is 0 Å². The Kier molecular flexibility index (Phi) is 7.20. The summed E-state index contributed by atoms with van der Waals surface area (Å²) in [6, 6.07) is 10.2. The highest BCUT2D eigenvalue weighted by atomic mass is 19.1. The standard InChI is InChI=1S/C28H38FN5/c1-7-25-31-26-20(2)16-21(3)30-27(26)34(25)18-23-10-8-22(9-11-23)17-24(29)19-32-12-14-33(15-13-32)28(4,5)6/h8-11,16-17H,7,12-15,18-19H2,1-6H3/b24-17-. The van der Waals surface area contributed by atoms with E-state index in [9.17, 15) is 4.39 Å². The van der Waals surface area contributed by atoms with Gasteiger partial charge in [0.05, 0.1) is 13.1 Å². The molecular weight excluding hydrogens is 425 g/mol. The molecule has 6 heteroatoms. The van der Waals surface area contributed by atoms with Crippen molar-refractivity contribution >= 4 is 17.2 Å². The van der Waals surface area contributed by atoms with E-state index in [1.165, 1.54) is 0 Å². The molecule has 1 fully saturated rings. The molecule has 0 bridgehead atoms. The molecule has 1 aromatic carbocycles. The Morgan fingerprint density at radius 3 is 2.32 bits per heavy atom. The largest absolute Gasteiger partial charge is 0.308 e.